The van der Waals surface area contributed by atoms with Crippen molar-refractivity contribution in [3.63, 3.8) is 0 Å². The largest absolute Gasteiger partial charge is 0.276 e. The molecule has 2 aromatic heterocycles. The smallest absolute Gasteiger partial charge is 0.237 e. The molecule has 0 bridgehead atoms. The molecule has 2 heterocycles. The van der Waals surface area contributed by atoms with Gasteiger partial charge in [-0.3, -0.25) is 5.10 Å². The zero-order chi connectivity index (χ0) is 19.6. The minimum absolute atomic E-state index is 0.0626. The molecule has 0 radical (unpaired) electrons. The van der Waals surface area contributed by atoms with Gasteiger partial charge < -0.3 is 0 Å². The zero-order valence-corrected chi connectivity index (χ0v) is 17.5. The van der Waals surface area contributed by atoms with Crippen molar-refractivity contribution in [1.82, 2.24) is 15.3 Å². The van der Waals surface area contributed by atoms with E-state index < -0.39 is 0 Å². The van der Waals surface area contributed by atoms with Crippen molar-refractivity contribution in [2.75, 3.05) is 0 Å². The van der Waals surface area contributed by atoms with Gasteiger partial charge in [0.05, 0.1) is 21.6 Å². The standard InChI is InChI=1S/C22H25ClN4/c1-21(2,3)14-8-7-13-12-27(26-18(13)9-14)15-10-16-19(17(23)11-15)24-25-20(16)22(4,5)6/h7-12H,1-6H3,(H,24,25)/p+1. The van der Waals surface area contributed by atoms with Gasteiger partial charge in [-0.05, 0) is 23.1 Å². The topological polar surface area (TPSA) is 48.4 Å². The van der Waals surface area contributed by atoms with E-state index in [9.17, 15) is 0 Å². The molecule has 0 saturated carbocycles. The number of aromatic nitrogens is 4. The number of benzene rings is 2. The molecule has 4 nitrogen and oxygen atoms in total. The monoisotopic (exact) mass is 381 g/mol. The van der Waals surface area contributed by atoms with Crippen molar-refractivity contribution in [3.05, 3.63) is 52.8 Å². The quantitative estimate of drug-likeness (QED) is 0.416. The summed E-state index contributed by atoms with van der Waals surface area (Å²) >= 11 is 6.56. The van der Waals surface area contributed by atoms with Crippen LogP contribution in [0.15, 0.2) is 36.5 Å². The Balaban J connectivity index is 1.89. The van der Waals surface area contributed by atoms with E-state index in [1.807, 2.05) is 10.7 Å². The van der Waals surface area contributed by atoms with E-state index in [0.29, 0.717) is 5.02 Å². The summed E-state index contributed by atoms with van der Waals surface area (Å²) < 4.78 is 2.03. The number of hydrogen-bond donors (Lipinski definition) is 2. The number of halogens is 1. The second-order valence-corrected chi connectivity index (χ2v) is 9.74. The van der Waals surface area contributed by atoms with Crippen molar-refractivity contribution in [1.29, 1.82) is 0 Å². The van der Waals surface area contributed by atoms with Gasteiger partial charge in [-0.25, -0.2) is 0 Å². The van der Waals surface area contributed by atoms with Crippen molar-refractivity contribution in [2.24, 2.45) is 0 Å². The number of nitrogens with one attached hydrogen (secondary N) is 2. The van der Waals surface area contributed by atoms with Crippen LogP contribution in [0.1, 0.15) is 52.8 Å². The molecule has 0 aliphatic rings. The van der Waals surface area contributed by atoms with Gasteiger partial charge in [0.25, 0.3) is 0 Å². The van der Waals surface area contributed by atoms with Crippen LogP contribution >= 0.6 is 11.6 Å². The molecule has 5 heteroatoms. The van der Waals surface area contributed by atoms with Crippen LogP contribution in [0.3, 0.4) is 0 Å². The predicted octanol–water partition coefficient (Wildman–Crippen LogP) is 5.57. The Bertz CT molecular complexity index is 1150. The summed E-state index contributed by atoms with van der Waals surface area (Å²) in [6.45, 7) is 13.2. The molecule has 0 aliphatic carbocycles. The fraction of sp³-hybridized carbons (Fsp3) is 0.364. The molecule has 0 saturated heterocycles. The molecule has 0 amide bonds. The van der Waals surface area contributed by atoms with Gasteiger partial charge in [0.15, 0.2) is 0 Å². The van der Waals surface area contributed by atoms with Crippen LogP contribution in [0.5, 0.6) is 0 Å². The maximum absolute atomic E-state index is 6.56. The lowest BCUT2D eigenvalue weighted by atomic mass is 9.87. The molecule has 2 N–H and O–H groups in total. The summed E-state index contributed by atoms with van der Waals surface area (Å²) in [7, 11) is 0. The lowest BCUT2D eigenvalue weighted by Crippen LogP contribution is -2.31. The minimum Gasteiger partial charge on any atom is -0.276 e. The maximum Gasteiger partial charge on any atom is 0.237 e. The molecule has 0 unspecified atom stereocenters. The van der Waals surface area contributed by atoms with Crippen LogP contribution in [0, 0.1) is 0 Å². The number of rotatable bonds is 1. The average molecular weight is 382 g/mol. The van der Waals surface area contributed by atoms with Gasteiger partial charge in [-0.2, -0.15) is 10.2 Å². The highest BCUT2D eigenvalue weighted by atomic mass is 35.5. The van der Waals surface area contributed by atoms with E-state index in [1.54, 1.807) is 0 Å². The molecule has 4 aromatic rings. The molecule has 0 aliphatic heterocycles. The lowest BCUT2D eigenvalue weighted by molar-refractivity contribution is -0.652. The van der Waals surface area contributed by atoms with E-state index in [0.717, 1.165) is 27.8 Å². The van der Waals surface area contributed by atoms with Crippen molar-refractivity contribution >= 4 is 33.4 Å². The molecule has 0 spiro atoms. The molecular weight excluding hydrogens is 356 g/mol. The molecular formula is C22H26ClN4+. The second kappa shape index (κ2) is 5.83. The first-order chi connectivity index (χ1) is 12.5. The van der Waals surface area contributed by atoms with Crippen molar-refractivity contribution < 1.29 is 4.68 Å². The Morgan fingerprint density at radius 2 is 1.70 bits per heavy atom. The van der Waals surface area contributed by atoms with Gasteiger partial charge >= 0.3 is 0 Å². The Hall–Kier alpha value is -2.33. The summed E-state index contributed by atoms with van der Waals surface area (Å²) in [5.41, 5.74) is 5.37. The van der Waals surface area contributed by atoms with Gasteiger partial charge in [-0.1, -0.05) is 63.9 Å². The Kier molecular flexibility index (Phi) is 3.90. The fourth-order valence-electron chi connectivity index (χ4n) is 3.45. The first-order valence-corrected chi connectivity index (χ1v) is 9.65. The highest BCUT2D eigenvalue weighted by Gasteiger charge is 2.24. The number of aromatic amines is 2. The van der Waals surface area contributed by atoms with Gasteiger partial charge in [0.1, 0.15) is 5.52 Å². The number of fused-ring (bicyclic) bond motifs is 2. The first-order valence-electron chi connectivity index (χ1n) is 9.27. The van der Waals surface area contributed by atoms with Crippen molar-refractivity contribution in [3.8, 4) is 5.69 Å². The summed E-state index contributed by atoms with van der Waals surface area (Å²) in [5.74, 6) is 0. The van der Waals surface area contributed by atoms with Crippen molar-refractivity contribution in [2.45, 2.75) is 52.4 Å². The van der Waals surface area contributed by atoms with Crippen LogP contribution in [-0.4, -0.2) is 15.3 Å². The van der Waals surface area contributed by atoms with E-state index in [2.05, 4.69) is 87.3 Å². The predicted molar refractivity (Wildman–Crippen MR) is 112 cm³/mol. The number of H-pyrrole nitrogens is 2. The first kappa shape index (κ1) is 18.1. The van der Waals surface area contributed by atoms with Crippen LogP contribution in [-0.2, 0) is 10.8 Å². The molecule has 2 aromatic carbocycles. The summed E-state index contributed by atoms with van der Waals surface area (Å²) in [6, 6.07) is 10.7. The Morgan fingerprint density at radius 3 is 2.37 bits per heavy atom. The van der Waals surface area contributed by atoms with Crippen LogP contribution < -0.4 is 4.68 Å². The molecule has 27 heavy (non-hydrogen) atoms. The van der Waals surface area contributed by atoms with Gasteiger partial charge in [-0.15, -0.1) is 0 Å². The van der Waals surface area contributed by atoms with E-state index in [-0.39, 0.29) is 10.8 Å². The SMILES string of the molecule is CC(C)(C)c1ccc2c[n+](-c3cc(Cl)c4[nH]nc(C(C)(C)C)c4c3)[nH]c2c1. The Morgan fingerprint density at radius 1 is 0.963 bits per heavy atom. The van der Waals surface area contributed by atoms with Crippen LogP contribution in [0.4, 0.5) is 0 Å². The Labute approximate surface area is 164 Å². The third-order valence-electron chi connectivity index (χ3n) is 5.03. The number of hydrogen-bond acceptors (Lipinski definition) is 1. The van der Waals surface area contributed by atoms with Crippen LogP contribution in [0.2, 0.25) is 5.02 Å². The number of nitrogens with zero attached hydrogens (tertiary/aromatic N) is 2. The average Bonchev–Trinajstić information content (AvgIpc) is 3.16. The molecule has 4 rings (SSSR count). The minimum atomic E-state index is -0.0626. The van der Waals surface area contributed by atoms with Gasteiger partial charge in [0.2, 0.25) is 11.9 Å². The maximum atomic E-state index is 6.56. The lowest BCUT2D eigenvalue weighted by Gasteiger charge is -2.18. The van der Waals surface area contributed by atoms with Crippen LogP contribution in [0.25, 0.3) is 27.5 Å². The fourth-order valence-corrected chi connectivity index (χ4v) is 3.70. The van der Waals surface area contributed by atoms with E-state index >= 15 is 0 Å². The third-order valence-corrected chi connectivity index (χ3v) is 5.32. The molecule has 140 valence electrons. The van der Waals surface area contributed by atoms with Gasteiger partial charge in [0, 0.05) is 22.9 Å². The molecule has 0 fully saturated rings. The van der Waals surface area contributed by atoms with E-state index in [4.69, 9.17) is 11.6 Å². The summed E-state index contributed by atoms with van der Waals surface area (Å²) in [4.78, 5) is 0. The summed E-state index contributed by atoms with van der Waals surface area (Å²) in [5, 5.41) is 14.0. The zero-order valence-electron chi connectivity index (χ0n) is 16.7. The second-order valence-electron chi connectivity index (χ2n) is 9.34. The summed E-state index contributed by atoms with van der Waals surface area (Å²) in [6.07, 6.45) is 2.11. The molecule has 0 atom stereocenters. The highest BCUT2D eigenvalue weighted by Crippen LogP contribution is 2.32. The highest BCUT2D eigenvalue weighted by molar-refractivity contribution is 6.35. The third kappa shape index (κ3) is 3.12. The van der Waals surface area contributed by atoms with E-state index in [1.165, 1.54) is 10.9 Å². The normalized spacial score (nSPS) is 13.0.